The third kappa shape index (κ3) is 5.01. The fourth-order valence-electron chi connectivity index (χ4n) is 2.03. The van der Waals surface area contributed by atoms with Crippen LogP contribution in [0.4, 0.5) is 0 Å². The molecule has 0 saturated heterocycles. The van der Waals surface area contributed by atoms with Gasteiger partial charge in [0, 0.05) is 6.54 Å². The summed E-state index contributed by atoms with van der Waals surface area (Å²) >= 11 is 6.03. The molecule has 0 aliphatic heterocycles. The number of carbonyl (C=O) groups is 1. The number of hydrogen-bond acceptors (Lipinski definition) is 3. The number of nitrogens with zero attached hydrogens (tertiary/aromatic N) is 1. The first-order valence-electron chi connectivity index (χ1n) is 7.28. The maximum Gasteiger partial charge on any atom is 0.260 e. The van der Waals surface area contributed by atoms with Gasteiger partial charge in [-0.3, -0.25) is 4.79 Å². The molecule has 1 atom stereocenters. The maximum absolute atomic E-state index is 12.0. The fraction of sp³-hybridized carbons (Fsp3) is 0.222. The Morgan fingerprint density at radius 1 is 1.30 bits per heavy atom. The molecule has 0 aromatic heterocycles. The number of benzene rings is 2. The van der Waals surface area contributed by atoms with Crippen molar-refractivity contribution >= 4 is 17.5 Å². The number of hydrogen-bond donors (Lipinski definition) is 1. The third-order valence-electron chi connectivity index (χ3n) is 3.29. The lowest BCUT2D eigenvalue weighted by molar-refractivity contribution is -0.127. The lowest BCUT2D eigenvalue weighted by atomic mass is 10.1. The van der Waals surface area contributed by atoms with Crippen molar-refractivity contribution in [3.8, 4) is 11.8 Å². The zero-order valence-corrected chi connectivity index (χ0v) is 13.5. The fourth-order valence-corrected chi connectivity index (χ4v) is 2.25. The predicted molar refractivity (Wildman–Crippen MR) is 89.4 cm³/mol. The normalized spacial score (nSPS) is 11.3. The topological polar surface area (TPSA) is 62.1 Å². The number of rotatable bonds is 6. The van der Waals surface area contributed by atoms with Gasteiger partial charge >= 0.3 is 0 Å². The van der Waals surface area contributed by atoms with Gasteiger partial charge in [0.05, 0.1) is 16.7 Å². The molecule has 4 nitrogen and oxygen atoms in total. The van der Waals surface area contributed by atoms with Crippen molar-refractivity contribution in [3.63, 3.8) is 0 Å². The lowest BCUT2D eigenvalue weighted by Crippen LogP contribution is -2.37. The van der Waals surface area contributed by atoms with Crippen LogP contribution in [0.2, 0.25) is 5.02 Å². The molecule has 2 aromatic rings. The summed E-state index contributed by atoms with van der Waals surface area (Å²) in [5.74, 6) is 0.178. The Morgan fingerprint density at radius 2 is 2.04 bits per heavy atom. The van der Waals surface area contributed by atoms with Gasteiger partial charge in [-0.1, -0.05) is 41.9 Å². The molecular weight excluding hydrogens is 312 g/mol. The summed E-state index contributed by atoms with van der Waals surface area (Å²) in [5, 5.41) is 11.9. The van der Waals surface area contributed by atoms with Crippen molar-refractivity contribution in [3.05, 3.63) is 64.7 Å². The van der Waals surface area contributed by atoms with Gasteiger partial charge in [0.15, 0.2) is 6.10 Å². The van der Waals surface area contributed by atoms with E-state index in [1.54, 1.807) is 19.1 Å². The molecule has 1 N–H and O–H groups in total. The van der Waals surface area contributed by atoms with Crippen LogP contribution in [0.25, 0.3) is 0 Å². The molecule has 0 spiro atoms. The minimum Gasteiger partial charge on any atom is -0.479 e. The van der Waals surface area contributed by atoms with Crippen LogP contribution in [-0.4, -0.2) is 18.6 Å². The average Bonchev–Trinajstić information content (AvgIpc) is 2.57. The van der Waals surface area contributed by atoms with E-state index in [9.17, 15) is 4.79 Å². The molecular formula is C18H17ClN2O2. The first-order valence-corrected chi connectivity index (χ1v) is 7.66. The van der Waals surface area contributed by atoms with Crippen molar-refractivity contribution in [2.24, 2.45) is 0 Å². The van der Waals surface area contributed by atoms with Crippen molar-refractivity contribution in [2.75, 3.05) is 6.54 Å². The van der Waals surface area contributed by atoms with E-state index in [1.807, 2.05) is 36.4 Å². The van der Waals surface area contributed by atoms with E-state index in [4.69, 9.17) is 21.6 Å². The zero-order chi connectivity index (χ0) is 16.7. The second-order valence-corrected chi connectivity index (χ2v) is 5.45. The van der Waals surface area contributed by atoms with Crippen molar-refractivity contribution in [1.82, 2.24) is 5.32 Å². The molecule has 23 heavy (non-hydrogen) atoms. The monoisotopic (exact) mass is 328 g/mol. The Hall–Kier alpha value is -2.51. The Kier molecular flexibility index (Phi) is 6.02. The molecule has 0 fully saturated rings. The van der Waals surface area contributed by atoms with Crippen LogP contribution in [0.3, 0.4) is 0 Å². The molecule has 118 valence electrons. The molecule has 0 radical (unpaired) electrons. The van der Waals surface area contributed by atoms with Crippen LogP contribution in [0.1, 0.15) is 18.1 Å². The summed E-state index contributed by atoms with van der Waals surface area (Å²) in [5.41, 5.74) is 1.61. The molecule has 0 bridgehead atoms. The van der Waals surface area contributed by atoms with Crippen molar-refractivity contribution in [2.45, 2.75) is 19.4 Å². The number of ether oxygens (including phenoxy) is 1. The largest absolute Gasteiger partial charge is 0.479 e. The number of nitrogens with one attached hydrogen (secondary N) is 1. The van der Waals surface area contributed by atoms with E-state index in [2.05, 4.69) is 5.32 Å². The number of carbonyl (C=O) groups excluding carboxylic acids is 1. The second kappa shape index (κ2) is 8.21. The molecule has 0 aliphatic carbocycles. The van der Waals surface area contributed by atoms with Gasteiger partial charge in [0.25, 0.3) is 5.91 Å². The highest BCUT2D eigenvalue weighted by atomic mass is 35.5. The van der Waals surface area contributed by atoms with E-state index in [0.29, 0.717) is 22.9 Å². The maximum atomic E-state index is 12.0. The molecule has 2 aromatic carbocycles. The number of halogens is 1. The van der Waals surface area contributed by atoms with Gasteiger partial charge in [-0.15, -0.1) is 0 Å². The first-order chi connectivity index (χ1) is 11.1. The summed E-state index contributed by atoms with van der Waals surface area (Å²) in [6.45, 7) is 2.20. The molecule has 0 heterocycles. The molecule has 0 aliphatic rings. The summed E-state index contributed by atoms with van der Waals surface area (Å²) in [6, 6.07) is 16.6. The molecule has 0 unspecified atom stereocenters. The van der Waals surface area contributed by atoms with Crippen LogP contribution in [0.15, 0.2) is 48.5 Å². The summed E-state index contributed by atoms with van der Waals surface area (Å²) in [7, 11) is 0. The van der Waals surface area contributed by atoms with E-state index >= 15 is 0 Å². The molecule has 2 rings (SSSR count). The highest BCUT2D eigenvalue weighted by molar-refractivity contribution is 6.32. The van der Waals surface area contributed by atoms with E-state index < -0.39 is 6.10 Å². The van der Waals surface area contributed by atoms with Crippen LogP contribution >= 0.6 is 11.6 Å². The predicted octanol–water partition coefficient (Wildman–Crippen LogP) is 3.34. The minimum atomic E-state index is -0.670. The molecule has 5 heteroatoms. The van der Waals surface area contributed by atoms with Gasteiger partial charge in [0.1, 0.15) is 5.75 Å². The van der Waals surface area contributed by atoms with Gasteiger partial charge in [-0.2, -0.15) is 5.26 Å². The quantitative estimate of drug-likeness (QED) is 0.884. The number of nitriles is 1. The Bertz CT molecular complexity index is 711. The van der Waals surface area contributed by atoms with Crippen molar-refractivity contribution < 1.29 is 9.53 Å². The average molecular weight is 329 g/mol. The van der Waals surface area contributed by atoms with Gasteiger partial charge in [0.2, 0.25) is 0 Å². The van der Waals surface area contributed by atoms with Crippen LogP contribution in [-0.2, 0) is 11.2 Å². The second-order valence-electron chi connectivity index (χ2n) is 5.04. The minimum absolute atomic E-state index is 0.207. The third-order valence-corrected chi connectivity index (χ3v) is 3.59. The van der Waals surface area contributed by atoms with Crippen LogP contribution < -0.4 is 10.1 Å². The summed E-state index contributed by atoms with van der Waals surface area (Å²) in [4.78, 5) is 12.0. The van der Waals surface area contributed by atoms with Gasteiger partial charge in [-0.05, 0) is 37.1 Å². The number of amides is 1. The van der Waals surface area contributed by atoms with E-state index in [0.717, 1.165) is 12.0 Å². The smallest absolute Gasteiger partial charge is 0.260 e. The van der Waals surface area contributed by atoms with Gasteiger partial charge < -0.3 is 10.1 Å². The summed E-state index contributed by atoms with van der Waals surface area (Å²) < 4.78 is 5.56. The Labute approximate surface area is 140 Å². The van der Waals surface area contributed by atoms with Crippen molar-refractivity contribution in [1.29, 1.82) is 5.26 Å². The van der Waals surface area contributed by atoms with E-state index in [-0.39, 0.29) is 5.91 Å². The SMILES string of the molecule is C[C@H](Oc1ccc(C#N)cc1Cl)C(=O)NCCc1ccccc1. The summed E-state index contributed by atoms with van der Waals surface area (Å²) in [6.07, 6.45) is 0.0907. The van der Waals surface area contributed by atoms with Crippen LogP contribution in [0.5, 0.6) is 5.75 Å². The first kappa shape index (κ1) is 16.9. The highest BCUT2D eigenvalue weighted by Crippen LogP contribution is 2.26. The Balaban J connectivity index is 1.84. The standard InChI is InChI=1S/C18H17ClN2O2/c1-13(23-17-8-7-15(12-20)11-16(17)19)18(22)21-10-9-14-5-3-2-4-6-14/h2-8,11,13H,9-10H2,1H3,(H,21,22)/t13-/m0/s1. The zero-order valence-electron chi connectivity index (χ0n) is 12.8. The van der Waals surface area contributed by atoms with E-state index in [1.165, 1.54) is 6.07 Å². The molecule has 0 saturated carbocycles. The van der Waals surface area contributed by atoms with Gasteiger partial charge in [-0.25, -0.2) is 0 Å². The molecule has 1 amide bonds. The van der Waals surface area contributed by atoms with Crippen LogP contribution in [0, 0.1) is 11.3 Å². The highest BCUT2D eigenvalue weighted by Gasteiger charge is 2.15. The Morgan fingerprint density at radius 3 is 2.70 bits per heavy atom. The lowest BCUT2D eigenvalue weighted by Gasteiger charge is -2.15.